The molecular formula is C24H25N3O2. The minimum Gasteiger partial charge on any atom is -0.445 e. The Labute approximate surface area is 170 Å². The molecule has 1 aromatic heterocycles. The van der Waals surface area contributed by atoms with Crippen molar-refractivity contribution in [3.05, 3.63) is 83.7 Å². The van der Waals surface area contributed by atoms with Crippen LogP contribution in [0, 0.1) is 6.92 Å². The minimum absolute atomic E-state index is 0.152. The van der Waals surface area contributed by atoms with E-state index in [9.17, 15) is 4.79 Å². The first-order chi connectivity index (χ1) is 14.1. The lowest BCUT2D eigenvalue weighted by atomic mass is 9.82. The molecule has 29 heavy (non-hydrogen) atoms. The summed E-state index contributed by atoms with van der Waals surface area (Å²) in [6, 6.07) is 20.6. The molecule has 1 saturated heterocycles. The van der Waals surface area contributed by atoms with Crippen molar-refractivity contribution >= 4 is 11.8 Å². The normalized spacial score (nSPS) is 16.7. The van der Waals surface area contributed by atoms with Crippen molar-refractivity contribution < 1.29 is 9.53 Å². The van der Waals surface area contributed by atoms with E-state index in [1.807, 2.05) is 35.2 Å². The number of amides is 1. The van der Waals surface area contributed by atoms with Gasteiger partial charge >= 0.3 is 6.09 Å². The number of hydrogen-bond acceptors (Lipinski definition) is 3. The van der Waals surface area contributed by atoms with E-state index in [0.717, 1.165) is 24.1 Å². The van der Waals surface area contributed by atoms with Crippen LogP contribution in [0.4, 0.5) is 10.5 Å². The first-order valence-electron chi connectivity index (χ1n) is 10.2. The van der Waals surface area contributed by atoms with Crippen LogP contribution in [-0.4, -0.2) is 28.6 Å². The number of fused-ring (bicyclic) bond motifs is 4. The highest BCUT2D eigenvalue weighted by atomic mass is 16.6. The summed E-state index contributed by atoms with van der Waals surface area (Å²) in [5.41, 5.74) is 5.71. The number of rotatable bonds is 2. The molecule has 0 atom stereocenters. The highest BCUT2D eigenvalue weighted by molar-refractivity contribution is 5.70. The minimum atomic E-state index is -0.230. The molecule has 5 rings (SSSR count). The number of nitrogens with one attached hydrogen (secondary N) is 1. The van der Waals surface area contributed by atoms with Crippen molar-refractivity contribution in [2.45, 2.75) is 31.9 Å². The number of likely N-dealkylation sites (tertiary alicyclic amines) is 1. The summed E-state index contributed by atoms with van der Waals surface area (Å²) in [6.45, 7) is 3.78. The third-order valence-electron chi connectivity index (χ3n) is 6.10. The maximum Gasteiger partial charge on any atom is 0.410 e. The molecule has 2 aromatic carbocycles. The Kier molecular flexibility index (Phi) is 4.31. The van der Waals surface area contributed by atoms with Gasteiger partial charge in [0.25, 0.3) is 0 Å². The first-order valence-corrected chi connectivity index (χ1v) is 10.2. The van der Waals surface area contributed by atoms with Gasteiger partial charge in [0.1, 0.15) is 6.61 Å². The molecule has 5 heteroatoms. The highest BCUT2D eigenvalue weighted by Crippen LogP contribution is 2.43. The Morgan fingerprint density at radius 3 is 2.66 bits per heavy atom. The van der Waals surface area contributed by atoms with E-state index in [2.05, 4.69) is 53.3 Å². The van der Waals surface area contributed by atoms with E-state index >= 15 is 0 Å². The number of carbonyl (C=O) groups excluding carboxylic acids is 1. The fourth-order valence-corrected chi connectivity index (χ4v) is 4.53. The van der Waals surface area contributed by atoms with Crippen LogP contribution in [0.2, 0.25) is 0 Å². The van der Waals surface area contributed by atoms with E-state index in [0.29, 0.717) is 19.7 Å². The Morgan fingerprint density at radius 2 is 1.86 bits per heavy atom. The van der Waals surface area contributed by atoms with Gasteiger partial charge < -0.3 is 19.5 Å². The molecule has 2 aliphatic heterocycles. The zero-order valence-electron chi connectivity index (χ0n) is 16.6. The van der Waals surface area contributed by atoms with Crippen LogP contribution in [0.5, 0.6) is 0 Å². The molecule has 1 fully saturated rings. The number of aromatic nitrogens is 1. The molecule has 0 aliphatic carbocycles. The van der Waals surface area contributed by atoms with Crippen LogP contribution in [0.3, 0.4) is 0 Å². The van der Waals surface area contributed by atoms with Gasteiger partial charge in [-0.15, -0.1) is 0 Å². The standard InChI is InChI=1S/C24H25N3O2/c1-18-9-10-21-20(16-18)25-24(22-8-5-13-27(21)22)11-14-26(15-12-24)23(28)29-17-19-6-3-2-4-7-19/h2-10,13,16,25H,11-12,14-15,17H2,1H3. The average molecular weight is 387 g/mol. The van der Waals surface area contributed by atoms with Crippen molar-refractivity contribution in [3.8, 4) is 5.69 Å². The molecule has 0 unspecified atom stereocenters. The summed E-state index contributed by atoms with van der Waals surface area (Å²) in [5.74, 6) is 0. The van der Waals surface area contributed by atoms with Crippen molar-refractivity contribution in [3.63, 3.8) is 0 Å². The number of ether oxygens (including phenoxy) is 1. The topological polar surface area (TPSA) is 46.5 Å². The van der Waals surface area contributed by atoms with Gasteiger partial charge in [-0.05, 0) is 55.2 Å². The van der Waals surface area contributed by atoms with Crippen molar-refractivity contribution in [2.75, 3.05) is 18.4 Å². The summed E-state index contributed by atoms with van der Waals surface area (Å²) in [6.07, 6.45) is 3.61. The fourth-order valence-electron chi connectivity index (χ4n) is 4.53. The van der Waals surface area contributed by atoms with Crippen LogP contribution in [0.1, 0.15) is 29.7 Å². The highest BCUT2D eigenvalue weighted by Gasteiger charge is 2.42. The quantitative estimate of drug-likeness (QED) is 0.684. The number of anilines is 1. The number of carbonyl (C=O) groups is 1. The third kappa shape index (κ3) is 3.16. The summed E-state index contributed by atoms with van der Waals surface area (Å²) in [4.78, 5) is 14.4. The molecular weight excluding hydrogens is 362 g/mol. The third-order valence-corrected chi connectivity index (χ3v) is 6.10. The molecule has 0 radical (unpaired) electrons. The largest absolute Gasteiger partial charge is 0.445 e. The van der Waals surface area contributed by atoms with Gasteiger partial charge in [-0.2, -0.15) is 0 Å². The maximum atomic E-state index is 12.6. The predicted octanol–water partition coefficient (Wildman–Crippen LogP) is 4.84. The molecule has 2 aliphatic rings. The number of piperidine rings is 1. The molecule has 5 nitrogen and oxygen atoms in total. The summed E-state index contributed by atoms with van der Waals surface area (Å²) < 4.78 is 7.82. The SMILES string of the molecule is Cc1ccc2c(c1)NC1(CCN(C(=O)OCc3ccccc3)CC1)c1cccn1-2. The monoisotopic (exact) mass is 387 g/mol. The number of aryl methyl sites for hydroxylation is 1. The van der Waals surface area contributed by atoms with Gasteiger partial charge in [0.05, 0.1) is 16.9 Å². The second-order valence-corrected chi connectivity index (χ2v) is 8.02. The smallest absolute Gasteiger partial charge is 0.410 e. The van der Waals surface area contributed by atoms with Crippen LogP contribution >= 0.6 is 0 Å². The zero-order chi connectivity index (χ0) is 19.8. The second kappa shape index (κ2) is 6.99. The summed E-state index contributed by atoms with van der Waals surface area (Å²) in [7, 11) is 0. The van der Waals surface area contributed by atoms with E-state index < -0.39 is 0 Å². The van der Waals surface area contributed by atoms with Gasteiger partial charge in [-0.25, -0.2) is 4.79 Å². The second-order valence-electron chi connectivity index (χ2n) is 8.02. The summed E-state index contributed by atoms with van der Waals surface area (Å²) >= 11 is 0. The Bertz CT molecular complexity index is 1030. The Balaban J connectivity index is 1.30. The van der Waals surface area contributed by atoms with Crippen LogP contribution in [0.25, 0.3) is 5.69 Å². The lowest BCUT2D eigenvalue weighted by molar-refractivity contribution is 0.0794. The Hall–Kier alpha value is -3.21. The molecule has 1 spiro atoms. The molecule has 3 heterocycles. The number of hydrogen-bond donors (Lipinski definition) is 1. The van der Waals surface area contributed by atoms with Gasteiger partial charge in [-0.3, -0.25) is 0 Å². The average Bonchev–Trinajstić information content (AvgIpc) is 3.24. The number of nitrogens with zero attached hydrogens (tertiary/aromatic N) is 2. The maximum absolute atomic E-state index is 12.6. The molecule has 1 amide bonds. The first kappa shape index (κ1) is 17.9. The van der Waals surface area contributed by atoms with Crippen LogP contribution < -0.4 is 5.32 Å². The molecule has 1 N–H and O–H groups in total. The van der Waals surface area contributed by atoms with Crippen LogP contribution in [0.15, 0.2) is 66.9 Å². The molecule has 0 bridgehead atoms. The molecule has 148 valence electrons. The number of benzene rings is 2. The van der Waals surface area contributed by atoms with Crippen molar-refractivity contribution in [1.29, 1.82) is 0 Å². The summed E-state index contributed by atoms with van der Waals surface area (Å²) in [5, 5.41) is 3.81. The van der Waals surface area contributed by atoms with Crippen LogP contribution in [-0.2, 0) is 16.9 Å². The van der Waals surface area contributed by atoms with Crippen molar-refractivity contribution in [2.24, 2.45) is 0 Å². The van der Waals surface area contributed by atoms with Gasteiger partial charge in [0.15, 0.2) is 0 Å². The van der Waals surface area contributed by atoms with E-state index in [1.165, 1.54) is 16.9 Å². The predicted molar refractivity (Wildman–Crippen MR) is 113 cm³/mol. The molecule has 0 saturated carbocycles. The van der Waals surface area contributed by atoms with E-state index in [1.54, 1.807) is 0 Å². The van der Waals surface area contributed by atoms with Gasteiger partial charge in [-0.1, -0.05) is 36.4 Å². The van der Waals surface area contributed by atoms with Crippen molar-refractivity contribution in [1.82, 2.24) is 9.47 Å². The van der Waals surface area contributed by atoms with Gasteiger partial charge in [0, 0.05) is 25.0 Å². The fraction of sp³-hybridized carbons (Fsp3) is 0.292. The van der Waals surface area contributed by atoms with E-state index in [4.69, 9.17) is 4.74 Å². The zero-order valence-corrected chi connectivity index (χ0v) is 16.6. The lowest BCUT2D eigenvalue weighted by Gasteiger charge is -2.46. The molecule has 3 aromatic rings. The van der Waals surface area contributed by atoms with E-state index in [-0.39, 0.29) is 11.6 Å². The Morgan fingerprint density at radius 1 is 1.07 bits per heavy atom. The van der Waals surface area contributed by atoms with Gasteiger partial charge in [0.2, 0.25) is 0 Å². The lowest BCUT2D eigenvalue weighted by Crippen LogP contribution is -2.51.